The van der Waals surface area contributed by atoms with Gasteiger partial charge >= 0.3 is 0 Å². The third kappa shape index (κ3) is 11.4. The molecular formula is C13H24N4O4. The van der Waals surface area contributed by atoms with E-state index in [1.165, 1.54) is 7.05 Å². The second-order valence-electron chi connectivity index (χ2n) is 4.40. The maximum absolute atomic E-state index is 11.4. The molecule has 0 spiro atoms. The highest BCUT2D eigenvalue weighted by molar-refractivity contribution is 5.87. The van der Waals surface area contributed by atoms with Crippen LogP contribution in [-0.4, -0.2) is 50.3 Å². The van der Waals surface area contributed by atoms with Crippen molar-refractivity contribution in [2.45, 2.75) is 32.6 Å². The Morgan fingerprint density at radius 2 is 1.19 bits per heavy atom. The predicted molar refractivity (Wildman–Crippen MR) is 77.2 cm³/mol. The third-order valence-electron chi connectivity index (χ3n) is 2.55. The van der Waals surface area contributed by atoms with Crippen molar-refractivity contribution in [2.24, 2.45) is 0 Å². The Balaban J connectivity index is 3.60. The van der Waals surface area contributed by atoms with Crippen LogP contribution in [-0.2, 0) is 19.2 Å². The maximum atomic E-state index is 11.4. The van der Waals surface area contributed by atoms with Crippen LogP contribution < -0.4 is 21.3 Å². The highest BCUT2D eigenvalue weighted by atomic mass is 16.2. The fraction of sp³-hybridized carbons (Fsp3) is 0.692. The number of rotatable bonds is 10. The Bertz CT molecular complexity index is 371. The fourth-order valence-corrected chi connectivity index (χ4v) is 1.39. The van der Waals surface area contributed by atoms with E-state index in [9.17, 15) is 19.2 Å². The first-order valence-electron chi connectivity index (χ1n) is 7.00. The van der Waals surface area contributed by atoms with E-state index in [1.807, 2.05) is 6.92 Å². The van der Waals surface area contributed by atoms with Gasteiger partial charge in [-0.05, 0) is 6.42 Å². The van der Waals surface area contributed by atoms with Gasteiger partial charge in [0.25, 0.3) is 0 Å². The zero-order valence-corrected chi connectivity index (χ0v) is 12.6. The molecule has 0 saturated heterocycles. The molecule has 4 N–H and O–H groups in total. The standard InChI is InChI=1S/C13H24N4O4/c1-3-4-10(18)15-7-8-16-11(19)5-6-12(20)17-9-13(21)14-2/h3-9H2,1-2H3,(H,14,21)(H,15,18)(H,16,19)(H,17,20). The quantitative estimate of drug-likeness (QED) is 0.374. The fourth-order valence-electron chi connectivity index (χ4n) is 1.39. The molecule has 4 amide bonds. The Morgan fingerprint density at radius 1 is 0.714 bits per heavy atom. The van der Waals surface area contributed by atoms with Crippen molar-refractivity contribution < 1.29 is 19.2 Å². The molecule has 8 nitrogen and oxygen atoms in total. The first kappa shape index (κ1) is 18.9. The Kier molecular flexibility index (Phi) is 10.5. The van der Waals surface area contributed by atoms with E-state index >= 15 is 0 Å². The Morgan fingerprint density at radius 3 is 1.67 bits per heavy atom. The molecule has 0 fully saturated rings. The van der Waals surface area contributed by atoms with Gasteiger partial charge in [-0.15, -0.1) is 0 Å². The van der Waals surface area contributed by atoms with E-state index < -0.39 is 0 Å². The van der Waals surface area contributed by atoms with Gasteiger partial charge in [0.05, 0.1) is 6.54 Å². The lowest BCUT2D eigenvalue weighted by Crippen LogP contribution is -2.37. The lowest BCUT2D eigenvalue weighted by molar-refractivity contribution is -0.128. The maximum Gasteiger partial charge on any atom is 0.239 e. The summed E-state index contributed by atoms with van der Waals surface area (Å²) in [7, 11) is 1.47. The molecule has 0 aromatic heterocycles. The van der Waals surface area contributed by atoms with Gasteiger partial charge in [0.2, 0.25) is 23.6 Å². The van der Waals surface area contributed by atoms with Gasteiger partial charge in [0.1, 0.15) is 0 Å². The normalized spacial score (nSPS) is 9.62. The second-order valence-corrected chi connectivity index (χ2v) is 4.40. The highest BCUT2D eigenvalue weighted by Gasteiger charge is 2.07. The first-order valence-corrected chi connectivity index (χ1v) is 7.00. The summed E-state index contributed by atoms with van der Waals surface area (Å²) in [4.78, 5) is 44.8. The molecule has 0 unspecified atom stereocenters. The molecule has 0 aliphatic rings. The van der Waals surface area contributed by atoms with Crippen LogP contribution in [0, 0.1) is 0 Å². The van der Waals surface area contributed by atoms with E-state index in [-0.39, 0.29) is 43.0 Å². The highest BCUT2D eigenvalue weighted by Crippen LogP contribution is 1.89. The summed E-state index contributed by atoms with van der Waals surface area (Å²) in [5.74, 6) is -0.962. The minimum Gasteiger partial charge on any atom is -0.358 e. The Labute approximate surface area is 124 Å². The zero-order chi connectivity index (χ0) is 16.1. The number of hydrogen-bond donors (Lipinski definition) is 4. The van der Waals surface area contributed by atoms with Crippen LogP contribution in [0.3, 0.4) is 0 Å². The second kappa shape index (κ2) is 11.7. The zero-order valence-electron chi connectivity index (χ0n) is 12.6. The third-order valence-corrected chi connectivity index (χ3v) is 2.55. The molecule has 0 heterocycles. The first-order chi connectivity index (χ1) is 9.99. The van der Waals surface area contributed by atoms with Crippen molar-refractivity contribution in [3.63, 3.8) is 0 Å². The average Bonchev–Trinajstić information content (AvgIpc) is 2.47. The summed E-state index contributed by atoms with van der Waals surface area (Å²) in [6.45, 7) is 2.51. The minimum atomic E-state index is -0.356. The van der Waals surface area contributed by atoms with Gasteiger partial charge in [-0.3, -0.25) is 19.2 Å². The van der Waals surface area contributed by atoms with E-state index in [0.717, 1.165) is 6.42 Å². The van der Waals surface area contributed by atoms with Crippen LogP contribution in [0.4, 0.5) is 0 Å². The largest absolute Gasteiger partial charge is 0.358 e. The molecule has 0 saturated carbocycles. The molecular weight excluding hydrogens is 276 g/mol. The molecule has 120 valence electrons. The molecule has 0 atom stereocenters. The van der Waals surface area contributed by atoms with Crippen LogP contribution in [0.15, 0.2) is 0 Å². The summed E-state index contributed by atoms with van der Waals surface area (Å²) < 4.78 is 0. The molecule has 0 rings (SSSR count). The van der Waals surface area contributed by atoms with Crippen LogP contribution >= 0.6 is 0 Å². The number of hydrogen-bond acceptors (Lipinski definition) is 4. The van der Waals surface area contributed by atoms with Gasteiger partial charge in [-0.1, -0.05) is 6.92 Å². The Hall–Kier alpha value is -2.12. The molecule has 0 aliphatic carbocycles. The van der Waals surface area contributed by atoms with E-state index in [2.05, 4.69) is 21.3 Å². The van der Waals surface area contributed by atoms with Crippen LogP contribution in [0.5, 0.6) is 0 Å². The monoisotopic (exact) mass is 300 g/mol. The number of likely N-dealkylation sites (N-methyl/N-ethyl adjacent to an activating group) is 1. The predicted octanol–water partition coefficient (Wildman–Crippen LogP) is -1.34. The average molecular weight is 300 g/mol. The van der Waals surface area contributed by atoms with Crippen LogP contribution in [0.25, 0.3) is 0 Å². The molecule has 0 aliphatic heterocycles. The van der Waals surface area contributed by atoms with Crippen molar-refractivity contribution in [1.82, 2.24) is 21.3 Å². The van der Waals surface area contributed by atoms with Gasteiger partial charge in [0, 0.05) is 39.4 Å². The van der Waals surface area contributed by atoms with Gasteiger partial charge in [0.15, 0.2) is 0 Å². The van der Waals surface area contributed by atoms with E-state index in [0.29, 0.717) is 19.5 Å². The number of carbonyl (C=O) groups is 4. The van der Waals surface area contributed by atoms with Crippen molar-refractivity contribution >= 4 is 23.6 Å². The summed E-state index contributed by atoms with van der Waals surface area (Å²) >= 11 is 0. The molecule has 0 radical (unpaired) electrons. The lowest BCUT2D eigenvalue weighted by atomic mass is 10.3. The number of amides is 4. The minimum absolute atomic E-state index is 0.0189. The summed E-state index contributed by atoms with van der Waals surface area (Å²) in [5.41, 5.74) is 0. The molecule has 8 heteroatoms. The van der Waals surface area contributed by atoms with Crippen LogP contribution in [0.1, 0.15) is 32.6 Å². The topological polar surface area (TPSA) is 116 Å². The molecule has 0 aromatic rings. The van der Waals surface area contributed by atoms with Crippen molar-refractivity contribution in [1.29, 1.82) is 0 Å². The van der Waals surface area contributed by atoms with Crippen molar-refractivity contribution in [3.8, 4) is 0 Å². The summed E-state index contributed by atoms with van der Waals surface area (Å²) in [6.07, 6.45) is 1.32. The van der Waals surface area contributed by atoms with Gasteiger partial charge in [-0.25, -0.2) is 0 Å². The van der Waals surface area contributed by atoms with Crippen molar-refractivity contribution in [2.75, 3.05) is 26.7 Å². The van der Waals surface area contributed by atoms with Crippen LogP contribution in [0.2, 0.25) is 0 Å². The molecule has 21 heavy (non-hydrogen) atoms. The van der Waals surface area contributed by atoms with Gasteiger partial charge < -0.3 is 21.3 Å². The number of nitrogens with one attached hydrogen (secondary N) is 4. The lowest BCUT2D eigenvalue weighted by Gasteiger charge is -2.07. The van der Waals surface area contributed by atoms with E-state index in [4.69, 9.17) is 0 Å². The SMILES string of the molecule is CCCC(=O)NCCNC(=O)CCC(=O)NCC(=O)NC. The van der Waals surface area contributed by atoms with Gasteiger partial charge in [-0.2, -0.15) is 0 Å². The number of carbonyl (C=O) groups excluding carboxylic acids is 4. The van der Waals surface area contributed by atoms with Crippen molar-refractivity contribution in [3.05, 3.63) is 0 Å². The summed E-state index contributed by atoms with van der Waals surface area (Å²) in [6, 6.07) is 0. The molecule has 0 bridgehead atoms. The van der Waals surface area contributed by atoms with E-state index in [1.54, 1.807) is 0 Å². The smallest absolute Gasteiger partial charge is 0.239 e. The summed E-state index contributed by atoms with van der Waals surface area (Å²) in [5, 5.41) is 10.0. The molecule has 0 aromatic carbocycles.